The number of ether oxygens (including phenoxy) is 2. The van der Waals surface area contributed by atoms with Crippen LogP contribution in [0.25, 0.3) is 11.3 Å². The number of piperidine rings is 1. The summed E-state index contributed by atoms with van der Waals surface area (Å²) in [5.41, 5.74) is 1.73. The lowest BCUT2D eigenvalue weighted by atomic mass is 10.1. The fourth-order valence-corrected chi connectivity index (χ4v) is 3.60. The number of rotatable bonds is 6. The van der Waals surface area contributed by atoms with Gasteiger partial charge in [-0.2, -0.15) is 5.10 Å². The molecule has 160 valence electrons. The Balaban J connectivity index is 1.24. The monoisotopic (exact) mass is 439 g/mol. The first-order chi connectivity index (χ1) is 15.1. The molecular weight excluding hydrogens is 418 g/mol. The summed E-state index contributed by atoms with van der Waals surface area (Å²) in [6.45, 7) is 0.760. The van der Waals surface area contributed by atoms with E-state index in [0.717, 1.165) is 5.56 Å². The third kappa shape index (κ3) is 5.24. The molecule has 31 heavy (non-hydrogen) atoms. The molecule has 0 spiro atoms. The van der Waals surface area contributed by atoms with E-state index >= 15 is 0 Å². The van der Waals surface area contributed by atoms with Crippen LogP contribution >= 0.6 is 11.6 Å². The molecule has 1 aliphatic heterocycles. The van der Waals surface area contributed by atoms with Gasteiger partial charge in [0.25, 0.3) is 5.91 Å². The first-order valence-electron chi connectivity index (χ1n) is 10.1. The zero-order chi connectivity index (χ0) is 21.6. The van der Waals surface area contributed by atoms with Crippen LogP contribution in [0.5, 0.6) is 5.75 Å². The largest absolute Gasteiger partial charge is 0.489 e. The number of nitrogens with zero attached hydrogens (tertiary/aromatic N) is 2. The van der Waals surface area contributed by atoms with Crippen LogP contribution in [0.1, 0.15) is 23.3 Å². The molecular formula is C23H22ClN3O4. The molecule has 0 atom stereocenters. The number of aromatic amines is 1. The lowest BCUT2D eigenvalue weighted by Gasteiger charge is -2.32. The number of H-pyrrole nitrogens is 1. The number of carbonyl (C=O) groups is 2. The van der Waals surface area contributed by atoms with E-state index in [-0.39, 0.29) is 24.3 Å². The predicted octanol–water partition coefficient (Wildman–Crippen LogP) is 3.96. The second kappa shape index (κ2) is 9.66. The van der Waals surface area contributed by atoms with E-state index in [1.807, 2.05) is 48.5 Å². The van der Waals surface area contributed by atoms with Crippen molar-refractivity contribution in [2.75, 3.05) is 19.7 Å². The summed E-state index contributed by atoms with van der Waals surface area (Å²) >= 11 is 6.14. The first kappa shape index (κ1) is 20.9. The van der Waals surface area contributed by atoms with Gasteiger partial charge >= 0.3 is 5.97 Å². The number of likely N-dealkylation sites (tertiary alicyclic amines) is 1. The van der Waals surface area contributed by atoms with Crippen molar-refractivity contribution in [1.82, 2.24) is 15.1 Å². The predicted molar refractivity (Wildman–Crippen MR) is 116 cm³/mol. The SMILES string of the molecule is O=C(OCC(=O)N1CCC(Oc2ccccc2Cl)CC1)c1cc(-c2ccccc2)n[nH]1. The molecule has 1 aromatic heterocycles. The highest BCUT2D eigenvalue weighted by Gasteiger charge is 2.25. The summed E-state index contributed by atoms with van der Waals surface area (Å²) in [6.07, 6.45) is 1.37. The standard InChI is InChI=1S/C23H22ClN3O4/c24-18-8-4-5-9-21(18)31-17-10-12-27(13-11-17)22(28)15-30-23(29)20-14-19(25-26-20)16-6-2-1-3-7-16/h1-9,14,17H,10-13,15H2,(H,25,26). The van der Waals surface area contributed by atoms with Crippen LogP contribution in [0.3, 0.4) is 0 Å². The summed E-state index contributed by atoms with van der Waals surface area (Å²) < 4.78 is 11.1. The minimum Gasteiger partial charge on any atom is -0.489 e. The number of hydrogen-bond donors (Lipinski definition) is 1. The first-order valence-corrected chi connectivity index (χ1v) is 10.4. The highest BCUT2D eigenvalue weighted by molar-refractivity contribution is 6.32. The normalized spacial score (nSPS) is 14.3. The molecule has 8 heteroatoms. The molecule has 1 saturated heterocycles. The van der Waals surface area contributed by atoms with Crippen molar-refractivity contribution < 1.29 is 19.1 Å². The van der Waals surface area contributed by atoms with Crippen molar-refractivity contribution in [2.24, 2.45) is 0 Å². The van der Waals surface area contributed by atoms with Crippen LogP contribution in [0.2, 0.25) is 5.02 Å². The molecule has 1 N–H and O–H groups in total. The molecule has 1 amide bonds. The fraction of sp³-hybridized carbons (Fsp3) is 0.261. The number of esters is 1. The second-order valence-electron chi connectivity index (χ2n) is 7.24. The molecule has 0 unspecified atom stereocenters. The molecule has 0 radical (unpaired) electrons. The quantitative estimate of drug-likeness (QED) is 0.588. The third-order valence-corrected chi connectivity index (χ3v) is 5.43. The Bertz CT molecular complexity index is 1050. The minimum absolute atomic E-state index is 0.00657. The maximum atomic E-state index is 12.4. The average molecular weight is 440 g/mol. The number of para-hydroxylation sites is 1. The van der Waals surface area contributed by atoms with Crippen LogP contribution < -0.4 is 4.74 Å². The molecule has 0 aliphatic carbocycles. The summed E-state index contributed by atoms with van der Waals surface area (Å²) in [7, 11) is 0. The highest BCUT2D eigenvalue weighted by Crippen LogP contribution is 2.26. The van der Waals surface area contributed by atoms with E-state index in [1.165, 1.54) is 0 Å². The number of carbonyl (C=O) groups excluding carboxylic acids is 2. The van der Waals surface area contributed by atoms with Crippen LogP contribution in [-0.2, 0) is 9.53 Å². The van der Waals surface area contributed by atoms with E-state index in [1.54, 1.807) is 17.0 Å². The summed E-state index contributed by atoms with van der Waals surface area (Å²) in [4.78, 5) is 26.4. The van der Waals surface area contributed by atoms with Crippen molar-refractivity contribution in [3.05, 3.63) is 71.4 Å². The van der Waals surface area contributed by atoms with Gasteiger partial charge in [0.05, 0.1) is 10.7 Å². The fourth-order valence-electron chi connectivity index (χ4n) is 3.42. The van der Waals surface area contributed by atoms with E-state index in [4.69, 9.17) is 21.1 Å². The number of halogens is 1. The number of amides is 1. The Hall–Kier alpha value is -3.32. The van der Waals surface area contributed by atoms with Gasteiger partial charge < -0.3 is 14.4 Å². The second-order valence-corrected chi connectivity index (χ2v) is 7.64. The van der Waals surface area contributed by atoms with Crippen LogP contribution in [0, 0.1) is 0 Å². The lowest BCUT2D eigenvalue weighted by molar-refractivity contribution is -0.136. The summed E-state index contributed by atoms with van der Waals surface area (Å²) in [5, 5.41) is 7.36. The van der Waals surface area contributed by atoms with Crippen molar-refractivity contribution >= 4 is 23.5 Å². The van der Waals surface area contributed by atoms with Crippen molar-refractivity contribution in [1.29, 1.82) is 0 Å². The Morgan fingerprint density at radius 1 is 1.06 bits per heavy atom. The van der Waals surface area contributed by atoms with E-state index in [0.29, 0.717) is 42.4 Å². The smallest absolute Gasteiger partial charge is 0.356 e. The molecule has 0 saturated carbocycles. The zero-order valence-corrected chi connectivity index (χ0v) is 17.5. The third-order valence-electron chi connectivity index (χ3n) is 5.12. The van der Waals surface area contributed by atoms with Gasteiger partial charge in [-0.25, -0.2) is 4.79 Å². The van der Waals surface area contributed by atoms with Crippen LogP contribution in [0.15, 0.2) is 60.7 Å². The molecule has 0 bridgehead atoms. The average Bonchev–Trinajstić information content (AvgIpc) is 3.30. The minimum atomic E-state index is -0.611. The van der Waals surface area contributed by atoms with Gasteiger partial charge in [-0.1, -0.05) is 54.1 Å². The Labute approximate surface area is 184 Å². The van der Waals surface area contributed by atoms with Crippen LogP contribution in [0.4, 0.5) is 0 Å². The molecule has 1 fully saturated rings. The number of aromatic nitrogens is 2. The maximum absolute atomic E-state index is 12.4. The van der Waals surface area contributed by atoms with Gasteiger partial charge in [-0.05, 0) is 18.2 Å². The molecule has 4 rings (SSSR count). The maximum Gasteiger partial charge on any atom is 0.356 e. The van der Waals surface area contributed by atoms with Gasteiger partial charge in [0.2, 0.25) is 0 Å². The van der Waals surface area contributed by atoms with E-state index in [9.17, 15) is 9.59 Å². The summed E-state index contributed by atoms with van der Waals surface area (Å²) in [6, 6.07) is 18.4. The van der Waals surface area contributed by atoms with Gasteiger partial charge in [0, 0.05) is 31.5 Å². The van der Waals surface area contributed by atoms with Crippen molar-refractivity contribution in [2.45, 2.75) is 18.9 Å². The molecule has 1 aliphatic rings. The molecule has 3 aromatic rings. The Morgan fingerprint density at radius 2 is 1.77 bits per heavy atom. The highest BCUT2D eigenvalue weighted by atomic mass is 35.5. The van der Waals surface area contributed by atoms with E-state index < -0.39 is 5.97 Å². The molecule has 2 heterocycles. The number of hydrogen-bond acceptors (Lipinski definition) is 5. The van der Waals surface area contributed by atoms with Crippen molar-refractivity contribution in [3.63, 3.8) is 0 Å². The van der Waals surface area contributed by atoms with Gasteiger partial charge in [-0.3, -0.25) is 9.89 Å². The van der Waals surface area contributed by atoms with Gasteiger partial charge in [0.15, 0.2) is 6.61 Å². The summed E-state index contributed by atoms with van der Waals surface area (Å²) in [5.74, 6) is -0.190. The number of nitrogens with one attached hydrogen (secondary N) is 1. The van der Waals surface area contributed by atoms with E-state index in [2.05, 4.69) is 10.2 Å². The topological polar surface area (TPSA) is 84.5 Å². The van der Waals surface area contributed by atoms with Gasteiger partial charge in [0.1, 0.15) is 17.5 Å². The molecule has 7 nitrogen and oxygen atoms in total. The lowest BCUT2D eigenvalue weighted by Crippen LogP contribution is -2.43. The van der Waals surface area contributed by atoms with Crippen molar-refractivity contribution in [3.8, 4) is 17.0 Å². The molecule has 2 aromatic carbocycles. The number of benzene rings is 2. The van der Waals surface area contributed by atoms with Crippen LogP contribution in [-0.4, -0.2) is 52.8 Å². The zero-order valence-electron chi connectivity index (χ0n) is 16.8. The Kier molecular flexibility index (Phi) is 6.52. The van der Waals surface area contributed by atoms with Gasteiger partial charge in [-0.15, -0.1) is 0 Å². The Morgan fingerprint density at radius 3 is 2.52 bits per heavy atom.